The molecular formula is C20H25NO3. The average molecular weight is 327 g/mol. The second-order valence-corrected chi connectivity index (χ2v) is 6.69. The Labute approximate surface area is 143 Å². The van der Waals surface area contributed by atoms with Gasteiger partial charge in [0.1, 0.15) is 5.75 Å². The van der Waals surface area contributed by atoms with E-state index in [-0.39, 0.29) is 12.3 Å². The molecule has 24 heavy (non-hydrogen) atoms. The van der Waals surface area contributed by atoms with E-state index >= 15 is 0 Å². The minimum Gasteiger partial charge on any atom is -0.496 e. The lowest BCUT2D eigenvalue weighted by molar-refractivity contribution is -0.127. The average Bonchev–Trinajstić information content (AvgIpc) is 2.54. The molecule has 0 aliphatic carbocycles. The first-order valence-electron chi connectivity index (χ1n) is 7.99. The number of para-hydroxylation sites is 1. The number of hydrogen-bond donors (Lipinski definition) is 2. The van der Waals surface area contributed by atoms with E-state index in [4.69, 9.17) is 4.74 Å². The fourth-order valence-electron chi connectivity index (χ4n) is 2.83. The van der Waals surface area contributed by atoms with E-state index in [1.54, 1.807) is 14.0 Å². The number of rotatable bonds is 6. The van der Waals surface area contributed by atoms with Crippen molar-refractivity contribution in [3.8, 4) is 5.75 Å². The zero-order valence-corrected chi connectivity index (χ0v) is 14.7. The summed E-state index contributed by atoms with van der Waals surface area (Å²) in [6, 6.07) is 16.8. The number of methoxy groups -OCH3 is 1. The molecule has 1 unspecified atom stereocenters. The van der Waals surface area contributed by atoms with Crippen molar-refractivity contribution in [1.82, 2.24) is 5.32 Å². The number of nitrogens with one attached hydrogen (secondary N) is 1. The van der Waals surface area contributed by atoms with Crippen LogP contribution in [-0.2, 0) is 15.9 Å². The fourth-order valence-corrected chi connectivity index (χ4v) is 2.83. The summed E-state index contributed by atoms with van der Waals surface area (Å²) in [4.78, 5) is 12.5. The van der Waals surface area contributed by atoms with Gasteiger partial charge in [-0.15, -0.1) is 0 Å². The van der Waals surface area contributed by atoms with Crippen LogP contribution in [0.5, 0.6) is 5.75 Å². The number of ether oxygens (including phenoxy) is 1. The quantitative estimate of drug-likeness (QED) is 0.855. The van der Waals surface area contributed by atoms with E-state index in [2.05, 4.69) is 5.32 Å². The summed E-state index contributed by atoms with van der Waals surface area (Å²) in [6.45, 7) is 5.48. The number of aliphatic hydroxyl groups is 1. The van der Waals surface area contributed by atoms with Crippen LogP contribution in [0.25, 0.3) is 0 Å². The van der Waals surface area contributed by atoms with Crippen LogP contribution in [0.15, 0.2) is 54.6 Å². The first-order chi connectivity index (χ1) is 11.3. The van der Waals surface area contributed by atoms with Crippen molar-refractivity contribution in [3.05, 3.63) is 65.7 Å². The molecule has 2 N–H and O–H groups in total. The minimum absolute atomic E-state index is 0.0183. The van der Waals surface area contributed by atoms with Gasteiger partial charge in [-0.2, -0.15) is 0 Å². The van der Waals surface area contributed by atoms with Crippen LogP contribution in [0.2, 0.25) is 0 Å². The van der Waals surface area contributed by atoms with E-state index in [0.29, 0.717) is 0 Å². The molecule has 1 atom stereocenters. The molecule has 1 amide bonds. The van der Waals surface area contributed by atoms with Crippen molar-refractivity contribution < 1.29 is 14.6 Å². The van der Waals surface area contributed by atoms with Crippen molar-refractivity contribution in [2.24, 2.45) is 0 Å². The molecule has 0 heterocycles. The van der Waals surface area contributed by atoms with Gasteiger partial charge in [0.05, 0.1) is 24.7 Å². The molecule has 0 bridgehead atoms. The molecule has 4 nitrogen and oxygen atoms in total. The Morgan fingerprint density at radius 1 is 1.04 bits per heavy atom. The SMILES string of the molecule is COc1ccccc1C(C)(C)NC(=O)CC(C)(O)c1ccccc1. The van der Waals surface area contributed by atoms with Gasteiger partial charge in [0.25, 0.3) is 0 Å². The van der Waals surface area contributed by atoms with Crippen molar-refractivity contribution in [2.75, 3.05) is 7.11 Å². The Morgan fingerprint density at radius 2 is 1.62 bits per heavy atom. The molecule has 0 fully saturated rings. The summed E-state index contributed by atoms with van der Waals surface area (Å²) >= 11 is 0. The van der Waals surface area contributed by atoms with Crippen molar-refractivity contribution in [3.63, 3.8) is 0 Å². The molecule has 128 valence electrons. The van der Waals surface area contributed by atoms with E-state index in [1.807, 2.05) is 68.4 Å². The van der Waals surface area contributed by atoms with Crippen LogP contribution < -0.4 is 10.1 Å². The first kappa shape index (κ1) is 18.0. The Hall–Kier alpha value is -2.33. The lowest BCUT2D eigenvalue weighted by Gasteiger charge is -2.31. The predicted molar refractivity (Wildman–Crippen MR) is 94.8 cm³/mol. The van der Waals surface area contributed by atoms with Crippen LogP contribution in [0.1, 0.15) is 38.3 Å². The molecule has 0 aliphatic rings. The van der Waals surface area contributed by atoms with Crippen LogP contribution >= 0.6 is 0 Å². The molecule has 2 aromatic rings. The fraction of sp³-hybridized carbons (Fsp3) is 0.350. The van der Waals surface area contributed by atoms with Gasteiger partial charge < -0.3 is 15.2 Å². The van der Waals surface area contributed by atoms with Crippen LogP contribution in [0.3, 0.4) is 0 Å². The van der Waals surface area contributed by atoms with E-state index < -0.39 is 11.1 Å². The smallest absolute Gasteiger partial charge is 0.223 e. The Balaban J connectivity index is 2.14. The normalized spacial score (nSPS) is 13.9. The zero-order valence-electron chi connectivity index (χ0n) is 14.7. The number of hydrogen-bond acceptors (Lipinski definition) is 3. The molecule has 0 spiro atoms. The third-order valence-corrected chi connectivity index (χ3v) is 4.13. The van der Waals surface area contributed by atoms with E-state index in [9.17, 15) is 9.90 Å². The highest BCUT2D eigenvalue weighted by Gasteiger charge is 2.31. The van der Waals surface area contributed by atoms with Crippen LogP contribution in [-0.4, -0.2) is 18.1 Å². The largest absolute Gasteiger partial charge is 0.496 e. The van der Waals surface area contributed by atoms with Gasteiger partial charge in [0.15, 0.2) is 0 Å². The maximum Gasteiger partial charge on any atom is 0.223 e. The highest BCUT2D eigenvalue weighted by molar-refractivity contribution is 5.78. The van der Waals surface area contributed by atoms with Gasteiger partial charge in [-0.25, -0.2) is 0 Å². The monoisotopic (exact) mass is 327 g/mol. The van der Waals surface area contributed by atoms with Crippen molar-refractivity contribution in [2.45, 2.75) is 38.3 Å². The molecule has 0 saturated carbocycles. The molecule has 2 rings (SSSR count). The van der Waals surface area contributed by atoms with Gasteiger partial charge in [-0.1, -0.05) is 48.5 Å². The van der Waals surface area contributed by atoms with Crippen LogP contribution in [0.4, 0.5) is 0 Å². The van der Waals surface area contributed by atoms with Gasteiger partial charge in [-0.05, 0) is 32.4 Å². The summed E-state index contributed by atoms with van der Waals surface area (Å²) in [5.41, 5.74) is -0.228. The molecule has 0 saturated heterocycles. The third kappa shape index (κ3) is 4.15. The molecule has 4 heteroatoms. The van der Waals surface area contributed by atoms with E-state index in [0.717, 1.165) is 16.9 Å². The minimum atomic E-state index is -1.22. The zero-order chi connectivity index (χ0) is 17.8. The maximum absolute atomic E-state index is 12.5. The lowest BCUT2D eigenvalue weighted by Crippen LogP contribution is -2.43. The Bertz CT molecular complexity index is 693. The second kappa shape index (κ2) is 7.05. The standard InChI is InChI=1S/C20H25NO3/c1-19(2,16-12-8-9-13-17(16)24-4)21-18(22)14-20(3,23)15-10-6-5-7-11-15/h5-13,23H,14H2,1-4H3,(H,21,22). The molecule has 0 aromatic heterocycles. The molecule has 0 radical (unpaired) electrons. The number of carbonyl (C=O) groups is 1. The molecule has 0 aliphatic heterocycles. The summed E-state index contributed by atoms with van der Waals surface area (Å²) in [5.74, 6) is 0.498. The van der Waals surface area contributed by atoms with Gasteiger partial charge in [0.2, 0.25) is 5.91 Å². The number of benzene rings is 2. The van der Waals surface area contributed by atoms with Crippen molar-refractivity contribution in [1.29, 1.82) is 0 Å². The van der Waals surface area contributed by atoms with Gasteiger partial charge in [-0.3, -0.25) is 4.79 Å². The second-order valence-electron chi connectivity index (χ2n) is 6.69. The summed E-state index contributed by atoms with van der Waals surface area (Å²) in [5, 5.41) is 13.6. The summed E-state index contributed by atoms with van der Waals surface area (Å²) < 4.78 is 5.38. The van der Waals surface area contributed by atoms with E-state index in [1.165, 1.54) is 0 Å². The number of amides is 1. The summed E-state index contributed by atoms with van der Waals surface area (Å²) in [6.07, 6.45) is -0.0183. The third-order valence-electron chi connectivity index (χ3n) is 4.13. The highest BCUT2D eigenvalue weighted by Crippen LogP contribution is 2.30. The summed E-state index contributed by atoms with van der Waals surface area (Å²) in [7, 11) is 1.61. The maximum atomic E-state index is 12.5. The first-order valence-corrected chi connectivity index (χ1v) is 7.99. The van der Waals surface area contributed by atoms with Crippen LogP contribution in [0, 0.1) is 0 Å². The van der Waals surface area contributed by atoms with Crippen molar-refractivity contribution >= 4 is 5.91 Å². The lowest BCUT2D eigenvalue weighted by atomic mass is 9.90. The topological polar surface area (TPSA) is 58.6 Å². The number of carbonyl (C=O) groups excluding carboxylic acids is 1. The highest BCUT2D eigenvalue weighted by atomic mass is 16.5. The molecule has 2 aromatic carbocycles. The Morgan fingerprint density at radius 3 is 2.25 bits per heavy atom. The van der Waals surface area contributed by atoms with Gasteiger partial charge >= 0.3 is 0 Å². The Kier molecular flexibility index (Phi) is 5.30. The van der Waals surface area contributed by atoms with Gasteiger partial charge in [0, 0.05) is 5.56 Å². The molecular weight excluding hydrogens is 302 g/mol. The predicted octanol–water partition coefficient (Wildman–Crippen LogP) is 3.34.